The number of aromatic nitrogens is 3. The lowest BCUT2D eigenvalue weighted by Gasteiger charge is -2.07. The molecule has 0 aliphatic heterocycles. The van der Waals surface area contributed by atoms with Gasteiger partial charge in [0.15, 0.2) is 5.69 Å². The van der Waals surface area contributed by atoms with Crippen molar-refractivity contribution in [2.75, 3.05) is 13.2 Å². The van der Waals surface area contributed by atoms with Crippen molar-refractivity contribution < 1.29 is 14.3 Å². The predicted octanol–water partition coefficient (Wildman–Crippen LogP) is 2.87. The van der Waals surface area contributed by atoms with Crippen LogP contribution >= 0.6 is 11.6 Å². The molecule has 21 heavy (non-hydrogen) atoms. The van der Waals surface area contributed by atoms with Crippen LogP contribution in [0, 0.1) is 0 Å². The van der Waals surface area contributed by atoms with Gasteiger partial charge in [0.25, 0.3) is 0 Å². The van der Waals surface area contributed by atoms with Crippen molar-refractivity contribution >= 4 is 17.6 Å². The number of carbonyl (C=O) groups is 1. The molecule has 2 rings (SSSR count). The number of aromatic amines is 1. The molecule has 1 aromatic carbocycles. The molecule has 1 heterocycles. The summed E-state index contributed by atoms with van der Waals surface area (Å²) in [5.41, 5.74) is 1.14. The van der Waals surface area contributed by atoms with Crippen LogP contribution in [0.15, 0.2) is 30.9 Å². The van der Waals surface area contributed by atoms with Gasteiger partial charge in [0.1, 0.15) is 18.1 Å². The summed E-state index contributed by atoms with van der Waals surface area (Å²) in [6.45, 7) is 5.92. The van der Waals surface area contributed by atoms with Gasteiger partial charge in [-0.15, -0.1) is 5.10 Å². The normalized spacial score (nSPS) is 10.2. The summed E-state index contributed by atoms with van der Waals surface area (Å²) in [7, 11) is 0. The van der Waals surface area contributed by atoms with E-state index in [0.717, 1.165) is 0 Å². The van der Waals surface area contributed by atoms with E-state index in [0.29, 0.717) is 28.6 Å². The number of halogens is 1. The molecule has 6 nitrogen and oxygen atoms in total. The Morgan fingerprint density at radius 2 is 2.29 bits per heavy atom. The molecule has 0 atom stereocenters. The topological polar surface area (TPSA) is 77.1 Å². The van der Waals surface area contributed by atoms with E-state index >= 15 is 0 Å². The smallest absolute Gasteiger partial charge is 0.361 e. The van der Waals surface area contributed by atoms with Crippen molar-refractivity contribution in [2.45, 2.75) is 6.92 Å². The van der Waals surface area contributed by atoms with Gasteiger partial charge in [-0.3, -0.25) is 0 Å². The van der Waals surface area contributed by atoms with Gasteiger partial charge in [0, 0.05) is 5.56 Å². The number of hydrogen-bond acceptors (Lipinski definition) is 5. The van der Waals surface area contributed by atoms with Crippen LogP contribution in [0.1, 0.15) is 17.4 Å². The largest absolute Gasteiger partial charge is 0.488 e. The van der Waals surface area contributed by atoms with Crippen LogP contribution < -0.4 is 4.74 Å². The fourth-order valence-corrected chi connectivity index (χ4v) is 1.92. The molecule has 0 unspecified atom stereocenters. The highest BCUT2D eigenvalue weighted by atomic mass is 35.5. The standard InChI is InChI=1S/C14H14ClN3O3/c1-3-7-21-11-6-5-9(8-10(11)15)12-13(17-18-16-12)14(19)20-4-2/h3,5-6,8H,1,4,7H2,2H3,(H,16,17,18). The highest BCUT2D eigenvalue weighted by Crippen LogP contribution is 2.30. The first-order chi connectivity index (χ1) is 10.2. The molecule has 2 aromatic rings. The van der Waals surface area contributed by atoms with E-state index in [9.17, 15) is 4.79 Å². The van der Waals surface area contributed by atoms with Gasteiger partial charge in [-0.2, -0.15) is 10.3 Å². The highest BCUT2D eigenvalue weighted by Gasteiger charge is 2.19. The Bertz CT molecular complexity index is 655. The molecule has 1 N–H and O–H groups in total. The molecule has 0 fully saturated rings. The summed E-state index contributed by atoms with van der Waals surface area (Å²) in [4.78, 5) is 11.8. The molecule has 0 spiro atoms. The number of ether oxygens (including phenoxy) is 2. The molecular formula is C14H14ClN3O3. The SMILES string of the molecule is C=CCOc1ccc(-c2n[nH]nc2C(=O)OCC)cc1Cl. The van der Waals surface area contributed by atoms with Gasteiger partial charge < -0.3 is 9.47 Å². The second-order valence-corrected chi connectivity index (χ2v) is 4.39. The molecule has 0 amide bonds. The Morgan fingerprint density at radius 1 is 1.48 bits per heavy atom. The maximum Gasteiger partial charge on any atom is 0.361 e. The second kappa shape index (κ2) is 6.90. The van der Waals surface area contributed by atoms with Crippen molar-refractivity contribution in [3.8, 4) is 17.0 Å². The molecule has 0 bridgehead atoms. The molecule has 1 aromatic heterocycles. The van der Waals surface area contributed by atoms with Crippen molar-refractivity contribution in [2.24, 2.45) is 0 Å². The van der Waals surface area contributed by atoms with Crippen molar-refractivity contribution in [3.05, 3.63) is 41.6 Å². The van der Waals surface area contributed by atoms with Gasteiger partial charge in [0.2, 0.25) is 0 Å². The summed E-state index contributed by atoms with van der Waals surface area (Å²) >= 11 is 6.14. The zero-order valence-electron chi connectivity index (χ0n) is 11.4. The lowest BCUT2D eigenvalue weighted by Crippen LogP contribution is -2.06. The van der Waals surface area contributed by atoms with E-state index in [1.807, 2.05) is 0 Å². The predicted molar refractivity (Wildman–Crippen MR) is 78.5 cm³/mol. The van der Waals surface area contributed by atoms with Gasteiger partial charge in [-0.25, -0.2) is 4.79 Å². The fourth-order valence-electron chi connectivity index (χ4n) is 1.69. The quantitative estimate of drug-likeness (QED) is 0.656. The Labute approximate surface area is 126 Å². The maximum absolute atomic E-state index is 11.8. The number of nitrogens with zero attached hydrogens (tertiary/aromatic N) is 2. The summed E-state index contributed by atoms with van der Waals surface area (Å²) in [5, 5.41) is 10.6. The average molecular weight is 308 g/mol. The molecule has 110 valence electrons. The van der Waals surface area contributed by atoms with Crippen LogP contribution in [-0.2, 0) is 4.74 Å². The van der Waals surface area contributed by atoms with Gasteiger partial charge in [-0.1, -0.05) is 24.3 Å². The van der Waals surface area contributed by atoms with Gasteiger partial charge in [0.05, 0.1) is 11.6 Å². The Kier molecular flexibility index (Phi) is 4.94. The van der Waals surface area contributed by atoms with Crippen molar-refractivity contribution in [1.29, 1.82) is 0 Å². The van der Waals surface area contributed by atoms with E-state index in [1.165, 1.54) is 0 Å². The number of hydrogen-bond donors (Lipinski definition) is 1. The summed E-state index contributed by atoms with van der Waals surface area (Å²) in [5.74, 6) is -0.00847. The Balaban J connectivity index is 2.31. The van der Waals surface area contributed by atoms with Crippen molar-refractivity contribution in [3.63, 3.8) is 0 Å². The number of benzene rings is 1. The first kappa shape index (κ1) is 15.1. The average Bonchev–Trinajstić information content (AvgIpc) is 2.95. The number of H-pyrrole nitrogens is 1. The van der Waals surface area contributed by atoms with E-state index in [-0.39, 0.29) is 12.3 Å². The van der Waals surface area contributed by atoms with E-state index in [1.54, 1.807) is 31.2 Å². The summed E-state index contributed by atoms with van der Waals surface area (Å²) in [6.07, 6.45) is 1.63. The van der Waals surface area contributed by atoms with Crippen LogP contribution in [0.4, 0.5) is 0 Å². The van der Waals surface area contributed by atoms with Crippen LogP contribution in [0.5, 0.6) is 5.75 Å². The van der Waals surface area contributed by atoms with E-state index < -0.39 is 5.97 Å². The zero-order valence-corrected chi connectivity index (χ0v) is 12.2. The fraction of sp³-hybridized carbons (Fsp3) is 0.214. The van der Waals surface area contributed by atoms with Gasteiger partial charge in [-0.05, 0) is 25.1 Å². The van der Waals surface area contributed by atoms with Crippen molar-refractivity contribution in [1.82, 2.24) is 15.4 Å². The molecule has 0 radical (unpaired) electrons. The summed E-state index contributed by atoms with van der Waals surface area (Å²) in [6, 6.07) is 5.09. The molecule has 0 aliphatic carbocycles. The minimum absolute atomic E-state index is 0.118. The van der Waals surface area contributed by atoms with E-state index in [2.05, 4.69) is 22.0 Å². The minimum atomic E-state index is -0.538. The number of esters is 1. The maximum atomic E-state index is 11.8. The first-order valence-electron chi connectivity index (χ1n) is 6.28. The number of nitrogens with one attached hydrogen (secondary N) is 1. The Hall–Kier alpha value is -2.34. The third-order valence-corrected chi connectivity index (χ3v) is 2.87. The lowest BCUT2D eigenvalue weighted by atomic mass is 10.1. The first-order valence-corrected chi connectivity index (χ1v) is 6.66. The van der Waals surface area contributed by atoms with E-state index in [4.69, 9.17) is 21.1 Å². The molecular weight excluding hydrogens is 294 g/mol. The summed E-state index contributed by atoms with van der Waals surface area (Å²) < 4.78 is 10.3. The molecule has 0 saturated carbocycles. The third kappa shape index (κ3) is 3.41. The lowest BCUT2D eigenvalue weighted by molar-refractivity contribution is 0.0520. The van der Waals surface area contributed by atoms with Crippen LogP contribution in [0.3, 0.4) is 0 Å². The van der Waals surface area contributed by atoms with Gasteiger partial charge >= 0.3 is 5.97 Å². The van der Waals surface area contributed by atoms with Crippen LogP contribution in [0.25, 0.3) is 11.3 Å². The molecule has 0 aliphatic rings. The number of rotatable bonds is 6. The minimum Gasteiger partial charge on any atom is -0.488 e. The monoisotopic (exact) mass is 307 g/mol. The van der Waals surface area contributed by atoms with Crippen LogP contribution in [-0.4, -0.2) is 34.6 Å². The highest BCUT2D eigenvalue weighted by molar-refractivity contribution is 6.32. The number of carbonyl (C=O) groups excluding carboxylic acids is 1. The molecule has 7 heteroatoms. The van der Waals surface area contributed by atoms with Crippen LogP contribution in [0.2, 0.25) is 5.02 Å². The second-order valence-electron chi connectivity index (χ2n) is 3.99. The third-order valence-electron chi connectivity index (χ3n) is 2.58. The Morgan fingerprint density at radius 3 is 2.95 bits per heavy atom. The zero-order chi connectivity index (χ0) is 15.2. The molecule has 0 saturated heterocycles.